The van der Waals surface area contributed by atoms with Crippen molar-refractivity contribution in [2.45, 2.75) is 6.92 Å². The third-order valence-electron chi connectivity index (χ3n) is 1.46. The first-order valence-corrected chi connectivity index (χ1v) is 6.89. The Morgan fingerprint density at radius 3 is 2.77 bits per heavy atom. The van der Waals surface area contributed by atoms with Crippen molar-refractivity contribution >= 4 is 24.5 Å². The number of hydrogen-bond donors (Lipinski definition) is 0. The van der Waals surface area contributed by atoms with E-state index in [0.717, 1.165) is 13.2 Å². The van der Waals surface area contributed by atoms with Crippen LogP contribution in [-0.2, 0) is 4.74 Å². The molecular formula is C11H14OTe. The number of rotatable bonds is 5. The zero-order valence-corrected chi connectivity index (χ0v) is 10.1. The molecule has 0 aliphatic rings. The van der Waals surface area contributed by atoms with Gasteiger partial charge in [0.05, 0.1) is 0 Å². The Morgan fingerprint density at radius 1 is 1.31 bits per heavy atom. The SMILES string of the molecule is CCOC/C=C\[Te]c1ccccc1. The van der Waals surface area contributed by atoms with Gasteiger partial charge < -0.3 is 0 Å². The van der Waals surface area contributed by atoms with Crippen LogP contribution in [0.25, 0.3) is 0 Å². The van der Waals surface area contributed by atoms with Crippen LogP contribution >= 0.6 is 0 Å². The Hall–Kier alpha value is -0.290. The van der Waals surface area contributed by atoms with E-state index in [1.54, 1.807) is 0 Å². The molecule has 0 aliphatic heterocycles. The summed E-state index contributed by atoms with van der Waals surface area (Å²) in [5.41, 5.74) is 0. The van der Waals surface area contributed by atoms with Gasteiger partial charge >= 0.3 is 89.9 Å². The summed E-state index contributed by atoms with van der Waals surface area (Å²) in [6.45, 7) is 3.58. The Morgan fingerprint density at radius 2 is 2.08 bits per heavy atom. The molecule has 1 rings (SSSR count). The predicted molar refractivity (Wildman–Crippen MR) is 57.5 cm³/mol. The van der Waals surface area contributed by atoms with Crippen molar-refractivity contribution in [1.29, 1.82) is 0 Å². The molecule has 2 heteroatoms. The van der Waals surface area contributed by atoms with Crippen LogP contribution in [0.5, 0.6) is 0 Å². The average Bonchev–Trinajstić information content (AvgIpc) is 2.19. The van der Waals surface area contributed by atoms with Crippen LogP contribution in [0.15, 0.2) is 40.5 Å². The van der Waals surface area contributed by atoms with Crippen molar-refractivity contribution in [2.24, 2.45) is 0 Å². The van der Waals surface area contributed by atoms with Crippen LogP contribution in [0, 0.1) is 0 Å². The molecule has 0 radical (unpaired) electrons. The monoisotopic (exact) mass is 292 g/mol. The Kier molecular flexibility index (Phi) is 5.93. The molecule has 0 saturated carbocycles. The predicted octanol–water partition coefficient (Wildman–Crippen LogP) is 1.57. The molecule has 0 fully saturated rings. The maximum atomic E-state index is 5.21. The van der Waals surface area contributed by atoms with Crippen molar-refractivity contribution in [3.63, 3.8) is 0 Å². The first-order valence-electron chi connectivity index (χ1n) is 4.38. The summed E-state index contributed by atoms with van der Waals surface area (Å²) in [5, 5.41) is 0. The van der Waals surface area contributed by atoms with Crippen LogP contribution in [0.4, 0.5) is 0 Å². The van der Waals surface area contributed by atoms with Crippen molar-refractivity contribution in [2.75, 3.05) is 13.2 Å². The second-order valence-corrected chi connectivity index (χ2v) is 5.26. The minimum absolute atomic E-state index is 0.124. The second kappa shape index (κ2) is 7.15. The molecule has 0 amide bonds. The van der Waals surface area contributed by atoms with Gasteiger partial charge in [-0.15, -0.1) is 0 Å². The van der Waals surface area contributed by atoms with E-state index in [-0.39, 0.29) is 20.9 Å². The van der Waals surface area contributed by atoms with Crippen LogP contribution < -0.4 is 3.61 Å². The van der Waals surface area contributed by atoms with E-state index in [1.165, 1.54) is 3.61 Å². The van der Waals surface area contributed by atoms with Gasteiger partial charge in [0.25, 0.3) is 0 Å². The molecule has 1 aromatic carbocycles. The van der Waals surface area contributed by atoms with Crippen LogP contribution in [0.3, 0.4) is 0 Å². The summed E-state index contributed by atoms with van der Waals surface area (Å²) < 4.78 is 8.95. The fourth-order valence-electron chi connectivity index (χ4n) is 0.851. The molecule has 0 heterocycles. The topological polar surface area (TPSA) is 9.23 Å². The second-order valence-electron chi connectivity index (χ2n) is 2.46. The summed E-state index contributed by atoms with van der Waals surface area (Å²) in [6, 6.07) is 10.6. The molecule has 0 unspecified atom stereocenters. The van der Waals surface area contributed by atoms with Gasteiger partial charge in [0.15, 0.2) is 0 Å². The Balaban J connectivity index is 2.23. The molecule has 0 saturated heterocycles. The van der Waals surface area contributed by atoms with Crippen molar-refractivity contribution < 1.29 is 4.74 Å². The van der Waals surface area contributed by atoms with Gasteiger partial charge in [0.2, 0.25) is 0 Å². The van der Waals surface area contributed by atoms with E-state index in [2.05, 4.69) is 40.5 Å². The molecule has 70 valence electrons. The number of hydrogen-bond acceptors (Lipinski definition) is 1. The normalized spacial score (nSPS) is 10.8. The molecule has 0 aromatic heterocycles. The number of benzene rings is 1. The van der Waals surface area contributed by atoms with E-state index in [0.29, 0.717) is 0 Å². The summed E-state index contributed by atoms with van der Waals surface area (Å²) in [6.07, 6.45) is 2.12. The third kappa shape index (κ3) is 5.10. The van der Waals surface area contributed by atoms with Crippen molar-refractivity contribution in [1.82, 2.24) is 0 Å². The van der Waals surface area contributed by atoms with E-state index in [4.69, 9.17) is 4.74 Å². The fraction of sp³-hybridized carbons (Fsp3) is 0.273. The first kappa shape index (κ1) is 10.8. The summed E-state index contributed by atoms with van der Waals surface area (Å²) in [4.78, 5) is 0. The van der Waals surface area contributed by atoms with Crippen LogP contribution in [0.2, 0.25) is 0 Å². The fourth-order valence-corrected chi connectivity index (χ4v) is 2.70. The summed E-state index contributed by atoms with van der Waals surface area (Å²) in [5.74, 6) is 0. The van der Waals surface area contributed by atoms with E-state index in [9.17, 15) is 0 Å². The van der Waals surface area contributed by atoms with Crippen LogP contribution in [-0.4, -0.2) is 34.1 Å². The van der Waals surface area contributed by atoms with Gasteiger partial charge in [0, 0.05) is 0 Å². The molecular weight excluding hydrogens is 276 g/mol. The van der Waals surface area contributed by atoms with Crippen LogP contribution in [0.1, 0.15) is 6.92 Å². The Bertz CT molecular complexity index is 244. The standard InChI is InChI=1S/C11H14OTe/c1-2-12-9-6-10-13-11-7-4-3-5-8-11/h3-8,10H,2,9H2,1H3/b10-6-. The first-order chi connectivity index (χ1) is 6.43. The molecule has 1 aromatic rings. The van der Waals surface area contributed by atoms with Gasteiger partial charge in [-0.25, -0.2) is 0 Å². The maximum absolute atomic E-state index is 5.21. The van der Waals surface area contributed by atoms with Gasteiger partial charge in [-0.3, -0.25) is 0 Å². The Labute approximate surface area is 89.9 Å². The molecule has 0 spiro atoms. The molecule has 13 heavy (non-hydrogen) atoms. The zero-order chi connectivity index (χ0) is 9.36. The van der Waals surface area contributed by atoms with Crippen molar-refractivity contribution in [3.05, 3.63) is 40.5 Å². The summed E-state index contributed by atoms with van der Waals surface area (Å²) >= 11 is -0.124. The number of ether oxygens (including phenoxy) is 1. The quantitative estimate of drug-likeness (QED) is 0.591. The van der Waals surface area contributed by atoms with Gasteiger partial charge in [-0.05, 0) is 0 Å². The van der Waals surface area contributed by atoms with E-state index < -0.39 is 0 Å². The molecule has 0 N–H and O–H groups in total. The minimum atomic E-state index is -0.124. The molecule has 1 nitrogen and oxygen atoms in total. The van der Waals surface area contributed by atoms with E-state index >= 15 is 0 Å². The van der Waals surface area contributed by atoms with Gasteiger partial charge in [-0.1, -0.05) is 0 Å². The molecule has 0 atom stereocenters. The third-order valence-corrected chi connectivity index (χ3v) is 3.95. The zero-order valence-electron chi connectivity index (χ0n) is 7.77. The van der Waals surface area contributed by atoms with Gasteiger partial charge in [-0.2, -0.15) is 0 Å². The van der Waals surface area contributed by atoms with Gasteiger partial charge in [0.1, 0.15) is 0 Å². The molecule has 0 bridgehead atoms. The molecule has 0 aliphatic carbocycles. The average molecular weight is 290 g/mol. The van der Waals surface area contributed by atoms with Crippen molar-refractivity contribution in [3.8, 4) is 0 Å². The summed E-state index contributed by atoms with van der Waals surface area (Å²) in [7, 11) is 0. The van der Waals surface area contributed by atoms with E-state index in [1.807, 2.05) is 6.92 Å².